The molecule has 1 rings (SSSR count). The Morgan fingerprint density at radius 1 is 1.15 bits per heavy atom. The minimum Gasteiger partial charge on any atom is -0.490 e. The maximum absolute atomic E-state index is 11.1. The van der Waals surface area contributed by atoms with Crippen molar-refractivity contribution < 1.29 is 19.6 Å². The second kappa shape index (κ2) is 5.34. The molecule has 0 aliphatic carbocycles. The Bertz CT molecular complexity index is 600. The standard InChI is InChI=1S/C9H10N4O7/c1-5-4-6(11(14)15)7(10(2)13(18)19)8(12(16)17)9(5)20-3/h4H,1-3H3. The first-order chi connectivity index (χ1) is 9.22. The number of nitro groups is 3. The molecule has 0 aliphatic rings. The largest absolute Gasteiger partial charge is 0.490 e. The number of hydrogen-bond acceptors (Lipinski definition) is 7. The van der Waals surface area contributed by atoms with Crippen LogP contribution in [0.5, 0.6) is 5.75 Å². The summed E-state index contributed by atoms with van der Waals surface area (Å²) in [6, 6.07) is 0.987. The lowest BCUT2D eigenvalue weighted by atomic mass is 10.1. The highest BCUT2D eigenvalue weighted by Crippen LogP contribution is 2.45. The highest BCUT2D eigenvalue weighted by Gasteiger charge is 2.38. The van der Waals surface area contributed by atoms with Crippen molar-refractivity contribution in [2.75, 3.05) is 19.2 Å². The number of aryl methyl sites for hydroxylation is 1. The third-order valence-electron chi connectivity index (χ3n) is 2.55. The predicted molar refractivity (Wildman–Crippen MR) is 66.4 cm³/mol. The van der Waals surface area contributed by atoms with Gasteiger partial charge in [0.05, 0.1) is 24.0 Å². The summed E-state index contributed by atoms with van der Waals surface area (Å²) < 4.78 is 4.83. The van der Waals surface area contributed by atoms with Crippen molar-refractivity contribution in [3.05, 3.63) is 42.0 Å². The summed E-state index contributed by atoms with van der Waals surface area (Å²) in [7, 11) is 2.02. The van der Waals surface area contributed by atoms with Crippen LogP contribution in [0.25, 0.3) is 0 Å². The quantitative estimate of drug-likeness (QED) is 0.584. The molecule has 1 aromatic rings. The molecule has 1 aromatic carbocycles. The monoisotopic (exact) mass is 286 g/mol. The smallest absolute Gasteiger partial charge is 0.347 e. The van der Waals surface area contributed by atoms with Gasteiger partial charge in [-0.25, -0.2) is 10.1 Å². The fourth-order valence-electron chi connectivity index (χ4n) is 1.72. The zero-order valence-electron chi connectivity index (χ0n) is 10.7. The summed E-state index contributed by atoms with van der Waals surface area (Å²) in [5, 5.41) is 32.1. The summed E-state index contributed by atoms with van der Waals surface area (Å²) in [5.41, 5.74) is -2.17. The first kappa shape index (κ1) is 15.1. The van der Waals surface area contributed by atoms with Gasteiger partial charge in [0.2, 0.25) is 5.75 Å². The molecule has 0 amide bonds. The van der Waals surface area contributed by atoms with Crippen LogP contribution in [0.1, 0.15) is 5.56 Å². The van der Waals surface area contributed by atoms with Crippen LogP contribution in [0.2, 0.25) is 0 Å². The Kier molecular flexibility index (Phi) is 4.02. The molecule has 0 spiro atoms. The number of ether oxygens (including phenoxy) is 1. The summed E-state index contributed by atoms with van der Waals surface area (Å²) in [6.07, 6.45) is 0. The summed E-state index contributed by atoms with van der Waals surface area (Å²) in [6.45, 7) is 1.37. The molecular formula is C9H10N4O7. The molecule has 11 heteroatoms. The van der Waals surface area contributed by atoms with Crippen LogP contribution in [0.15, 0.2) is 6.07 Å². The van der Waals surface area contributed by atoms with Gasteiger partial charge in [0.15, 0.2) is 5.03 Å². The molecule has 0 fully saturated rings. The average Bonchev–Trinajstić information content (AvgIpc) is 2.35. The number of hydrazine groups is 1. The number of nitro benzene ring substituents is 2. The minimum absolute atomic E-state index is 0.131. The molecule has 108 valence electrons. The van der Waals surface area contributed by atoms with E-state index in [4.69, 9.17) is 4.74 Å². The molecule has 0 N–H and O–H groups in total. The van der Waals surface area contributed by atoms with E-state index < -0.39 is 31.9 Å². The lowest BCUT2D eigenvalue weighted by molar-refractivity contribution is -0.493. The molecule has 0 bridgehead atoms. The van der Waals surface area contributed by atoms with E-state index in [0.29, 0.717) is 0 Å². The van der Waals surface area contributed by atoms with Crippen LogP contribution in [0.4, 0.5) is 17.1 Å². The zero-order chi connectivity index (χ0) is 15.6. The number of anilines is 1. The molecule has 11 nitrogen and oxygen atoms in total. The van der Waals surface area contributed by atoms with Gasteiger partial charge in [-0.3, -0.25) is 20.2 Å². The van der Waals surface area contributed by atoms with E-state index in [9.17, 15) is 30.3 Å². The highest BCUT2D eigenvalue weighted by molar-refractivity contribution is 5.80. The van der Waals surface area contributed by atoms with E-state index in [2.05, 4.69) is 0 Å². The van der Waals surface area contributed by atoms with Gasteiger partial charge in [0, 0.05) is 11.6 Å². The van der Waals surface area contributed by atoms with Crippen LogP contribution < -0.4 is 9.75 Å². The molecule has 0 atom stereocenters. The Morgan fingerprint density at radius 3 is 2.05 bits per heavy atom. The second-order valence-corrected chi connectivity index (χ2v) is 3.72. The topological polar surface area (TPSA) is 142 Å². The van der Waals surface area contributed by atoms with E-state index in [1.165, 1.54) is 6.92 Å². The Labute approximate surface area is 111 Å². The number of benzene rings is 1. The molecule has 0 aromatic heterocycles. The van der Waals surface area contributed by atoms with Crippen molar-refractivity contribution in [1.29, 1.82) is 0 Å². The van der Waals surface area contributed by atoms with Crippen LogP contribution >= 0.6 is 0 Å². The van der Waals surface area contributed by atoms with Crippen molar-refractivity contribution in [2.45, 2.75) is 6.92 Å². The number of methoxy groups -OCH3 is 1. The fraction of sp³-hybridized carbons (Fsp3) is 0.333. The number of hydrogen-bond donors (Lipinski definition) is 0. The van der Waals surface area contributed by atoms with Crippen molar-refractivity contribution in [2.24, 2.45) is 0 Å². The van der Waals surface area contributed by atoms with Gasteiger partial charge >= 0.3 is 11.4 Å². The molecule has 0 heterocycles. The van der Waals surface area contributed by atoms with Gasteiger partial charge in [0.1, 0.15) is 0 Å². The molecule has 0 aliphatic heterocycles. The van der Waals surface area contributed by atoms with Gasteiger partial charge in [0.25, 0.3) is 5.69 Å². The fourth-order valence-corrected chi connectivity index (χ4v) is 1.72. The van der Waals surface area contributed by atoms with E-state index in [1.807, 2.05) is 0 Å². The van der Waals surface area contributed by atoms with E-state index in [0.717, 1.165) is 20.2 Å². The SMILES string of the molecule is COc1c(C)cc([N+](=O)[O-])c(N(C)[N+](=O)[O-])c1[N+](=O)[O-]. The normalized spacial score (nSPS) is 9.95. The van der Waals surface area contributed by atoms with Crippen LogP contribution in [0.3, 0.4) is 0 Å². The van der Waals surface area contributed by atoms with Gasteiger partial charge in [-0.1, -0.05) is 5.01 Å². The van der Waals surface area contributed by atoms with Gasteiger partial charge in [-0.15, -0.1) is 0 Å². The lowest BCUT2D eigenvalue weighted by Crippen LogP contribution is -2.26. The van der Waals surface area contributed by atoms with Crippen LogP contribution in [-0.2, 0) is 0 Å². The predicted octanol–water partition coefficient (Wildman–Crippen LogP) is 1.45. The Hall–Kier alpha value is -2.98. The third kappa shape index (κ3) is 2.41. The van der Waals surface area contributed by atoms with E-state index in [1.54, 1.807) is 0 Å². The number of nitrogens with zero attached hydrogens (tertiary/aromatic N) is 4. The third-order valence-corrected chi connectivity index (χ3v) is 2.55. The molecular weight excluding hydrogens is 276 g/mol. The van der Waals surface area contributed by atoms with E-state index in [-0.39, 0.29) is 16.3 Å². The van der Waals surface area contributed by atoms with Gasteiger partial charge in [-0.05, 0) is 6.92 Å². The van der Waals surface area contributed by atoms with E-state index >= 15 is 0 Å². The maximum atomic E-state index is 11.1. The van der Waals surface area contributed by atoms with Gasteiger partial charge < -0.3 is 4.74 Å². The first-order valence-corrected chi connectivity index (χ1v) is 5.10. The lowest BCUT2D eigenvalue weighted by Gasteiger charge is -2.13. The summed E-state index contributed by atoms with van der Waals surface area (Å²) in [5.74, 6) is -0.260. The molecule has 0 saturated carbocycles. The minimum atomic E-state index is -0.996. The Balaban J connectivity index is 3.86. The molecule has 0 radical (unpaired) electrons. The number of rotatable bonds is 5. The Morgan fingerprint density at radius 2 is 1.70 bits per heavy atom. The van der Waals surface area contributed by atoms with Crippen molar-refractivity contribution >= 4 is 17.1 Å². The van der Waals surface area contributed by atoms with Crippen molar-refractivity contribution in [3.8, 4) is 5.75 Å². The van der Waals surface area contributed by atoms with Crippen LogP contribution in [-0.4, -0.2) is 29.0 Å². The summed E-state index contributed by atoms with van der Waals surface area (Å²) >= 11 is 0. The van der Waals surface area contributed by atoms with Gasteiger partial charge in [-0.2, -0.15) is 0 Å². The maximum Gasteiger partial charge on any atom is 0.347 e. The summed E-state index contributed by atoms with van der Waals surface area (Å²) in [4.78, 5) is 31.0. The highest BCUT2D eigenvalue weighted by atomic mass is 16.7. The second-order valence-electron chi connectivity index (χ2n) is 3.72. The average molecular weight is 286 g/mol. The van der Waals surface area contributed by atoms with Crippen LogP contribution in [0, 0.1) is 37.3 Å². The molecule has 20 heavy (non-hydrogen) atoms. The van der Waals surface area contributed by atoms with Crippen molar-refractivity contribution in [3.63, 3.8) is 0 Å². The zero-order valence-corrected chi connectivity index (χ0v) is 10.7. The molecule has 0 unspecified atom stereocenters. The van der Waals surface area contributed by atoms with Crippen molar-refractivity contribution in [1.82, 2.24) is 0 Å². The molecule has 0 saturated heterocycles. The first-order valence-electron chi connectivity index (χ1n) is 5.10.